The fraction of sp³-hybridized carbons (Fsp3) is 0.235. The van der Waals surface area contributed by atoms with Gasteiger partial charge in [0.25, 0.3) is 0 Å². The van der Waals surface area contributed by atoms with Gasteiger partial charge in [0.05, 0.1) is 11.7 Å². The molecule has 2 N–H and O–H groups in total. The maximum absolute atomic E-state index is 12.2. The van der Waals surface area contributed by atoms with Gasteiger partial charge in [-0.25, -0.2) is 9.97 Å². The molecule has 22 heavy (non-hydrogen) atoms. The highest BCUT2D eigenvalue weighted by Crippen LogP contribution is 2.38. The summed E-state index contributed by atoms with van der Waals surface area (Å²) in [6.07, 6.45) is 3.95. The van der Waals surface area contributed by atoms with Crippen molar-refractivity contribution >= 4 is 5.91 Å². The zero-order chi connectivity index (χ0) is 14.9. The summed E-state index contributed by atoms with van der Waals surface area (Å²) in [7, 11) is 0. The lowest BCUT2D eigenvalue weighted by molar-refractivity contribution is -0.118. The van der Waals surface area contributed by atoms with Crippen molar-refractivity contribution < 1.29 is 4.79 Å². The molecule has 0 saturated heterocycles. The van der Waals surface area contributed by atoms with E-state index in [1.807, 2.05) is 24.3 Å². The van der Waals surface area contributed by atoms with Crippen LogP contribution in [0, 0.1) is 0 Å². The number of benzene rings is 1. The zero-order valence-corrected chi connectivity index (χ0v) is 12.0. The summed E-state index contributed by atoms with van der Waals surface area (Å²) in [6, 6.07) is 12.2. The number of carbonyl (C=O) groups is 1. The van der Waals surface area contributed by atoms with Crippen LogP contribution in [0.4, 0.5) is 0 Å². The largest absolute Gasteiger partial charge is 0.379 e. The van der Waals surface area contributed by atoms with E-state index in [0.29, 0.717) is 13.0 Å². The number of nitrogens with zero attached hydrogens (tertiary/aromatic N) is 2. The van der Waals surface area contributed by atoms with Gasteiger partial charge >= 0.3 is 0 Å². The Morgan fingerprint density at radius 3 is 2.77 bits per heavy atom. The lowest BCUT2D eigenvalue weighted by Crippen LogP contribution is -2.37. The summed E-state index contributed by atoms with van der Waals surface area (Å²) in [4.78, 5) is 20.5. The molecule has 1 aromatic heterocycles. The highest BCUT2D eigenvalue weighted by molar-refractivity contribution is 5.96. The number of aromatic nitrogens is 2. The molecule has 0 aliphatic carbocycles. The first-order valence-electron chi connectivity index (χ1n) is 7.41. The third kappa shape index (κ3) is 2.15. The van der Waals surface area contributed by atoms with Gasteiger partial charge in [0.2, 0.25) is 5.91 Å². The molecule has 4 rings (SSSR count). The Hall–Kier alpha value is -2.69. The zero-order valence-electron chi connectivity index (χ0n) is 12.0. The van der Waals surface area contributed by atoms with Crippen molar-refractivity contribution in [2.24, 2.45) is 0 Å². The molecular weight excluding hydrogens is 276 g/mol. The van der Waals surface area contributed by atoms with Crippen molar-refractivity contribution in [2.45, 2.75) is 18.4 Å². The first kappa shape index (κ1) is 13.0. The molecule has 5 nitrogen and oxygen atoms in total. The van der Waals surface area contributed by atoms with Gasteiger partial charge in [0, 0.05) is 36.4 Å². The standard InChI is InChI=1S/C17H16N4O/c22-17-12-8-15(14-6-7-18-10-20-14)21-16(12)13(9-19-17)11-4-2-1-3-5-11/h1-7,10,13,15,21H,8-9H2,(H,19,22). The molecule has 0 fully saturated rings. The van der Waals surface area contributed by atoms with Crippen LogP contribution in [-0.2, 0) is 4.79 Å². The molecule has 3 heterocycles. The number of rotatable bonds is 2. The predicted octanol–water partition coefficient (Wildman–Crippen LogP) is 1.68. The van der Waals surface area contributed by atoms with Gasteiger partial charge in [0.1, 0.15) is 6.33 Å². The van der Waals surface area contributed by atoms with Gasteiger partial charge in [-0.15, -0.1) is 0 Å². The summed E-state index contributed by atoms with van der Waals surface area (Å²) < 4.78 is 0. The van der Waals surface area contributed by atoms with Gasteiger partial charge in [-0.05, 0) is 11.6 Å². The highest BCUT2D eigenvalue weighted by Gasteiger charge is 2.37. The Morgan fingerprint density at radius 2 is 2.00 bits per heavy atom. The minimum atomic E-state index is 0.0336. The lowest BCUT2D eigenvalue weighted by atomic mass is 9.90. The molecule has 0 bridgehead atoms. The van der Waals surface area contributed by atoms with Gasteiger partial charge in [-0.2, -0.15) is 0 Å². The minimum Gasteiger partial charge on any atom is -0.379 e. The van der Waals surface area contributed by atoms with Crippen LogP contribution in [-0.4, -0.2) is 22.4 Å². The molecule has 1 amide bonds. The van der Waals surface area contributed by atoms with Crippen LogP contribution in [0.15, 0.2) is 60.2 Å². The van der Waals surface area contributed by atoms with Crippen molar-refractivity contribution in [3.05, 3.63) is 71.4 Å². The Bertz CT molecular complexity index is 727. The van der Waals surface area contributed by atoms with E-state index in [4.69, 9.17) is 0 Å². The number of nitrogens with one attached hydrogen (secondary N) is 2. The van der Waals surface area contributed by atoms with Crippen molar-refractivity contribution in [1.82, 2.24) is 20.6 Å². The van der Waals surface area contributed by atoms with Crippen LogP contribution in [0.3, 0.4) is 0 Å². The lowest BCUT2D eigenvalue weighted by Gasteiger charge is -2.26. The molecule has 2 atom stereocenters. The van der Waals surface area contributed by atoms with E-state index in [1.54, 1.807) is 12.5 Å². The molecule has 0 saturated carbocycles. The molecule has 2 aliphatic rings. The summed E-state index contributed by atoms with van der Waals surface area (Å²) in [5.74, 6) is 0.215. The predicted molar refractivity (Wildman–Crippen MR) is 81.7 cm³/mol. The summed E-state index contributed by atoms with van der Waals surface area (Å²) in [5.41, 5.74) is 4.03. The summed E-state index contributed by atoms with van der Waals surface area (Å²) in [6.45, 7) is 0.630. The molecule has 110 valence electrons. The van der Waals surface area contributed by atoms with Gasteiger partial charge in [-0.1, -0.05) is 30.3 Å². The quantitative estimate of drug-likeness (QED) is 0.884. The fourth-order valence-corrected chi connectivity index (χ4v) is 3.22. The van der Waals surface area contributed by atoms with Gasteiger partial charge in [-0.3, -0.25) is 4.79 Å². The molecular formula is C17H16N4O. The number of amides is 1. The van der Waals surface area contributed by atoms with Crippen LogP contribution in [0.25, 0.3) is 0 Å². The van der Waals surface area contributed by atoms with Crippen LogP contribution in [0.5, 0.6) is 0 Å². The van der Waals surface area contributed by atoms with E-state index < -0.39 is 0 Å². The Kier molecular flexibility index (Phi) is 3.11. The average molecular weight is 292 g/mol. The monoisotopic (exact) mass is 292 g/mol. The number of carbonyl (C=O) groups excluding carboxylic acids is 1. The van der Waals surface area contributed by atoms with Gasteiger partial charge < -0.3 is 10.6 Å². The number of hydrogen-bond donors (Lipinski definition) is 2. The summed E-state index contributed by atoms with van der Waals surface area (Å²) in [5, 5.41) is 6.52. The first-order chi connectivity index (χ1) is 10.8. The smallest absolute Gasteiger partial charge is 0.249 e. The molecule has 0 radical (unpaired) electrons. The summed E-state index contributed by atoms with van der Waals surface area (Å²) >= 11 is 0. The van der Waals surface area contributed by atoms with Crippen LogP contribution in [0.2, 0.25) is 0 Å². The molecule has 2 aliphatic heterocycles. The fourth-order valence-electron chi connectivity index (χ4n) is 3.22. The van der Waals surface area contributed by atoms with E-state index in [1.165, 1.54) is 5.56 Å². The molecule has 0 spiro atoms. The van der Waals surface area contributed by atoms with E-state index in [0.717, 1.165) is 17.0 Å². The third-order valence-electron chi connectivity index (χ3n) is 4.32. The average Bonchev–Trinajstić information content (AvgIpc) is 3.03. The second kappa shape index (κ2) is 5.26. The van der Waals surface area contributed by atoms with Crippen molar-refractivity contribution in [1.29, 1.82) is 0 Å². The van der Waals surface area contributed by atoms with E-state index in [-0.39, 0.29) is 17.9 Å². The minimum absolute atomic E-state index is 0.0336. The van der Waals surface area contributed by atoms with Crippen molar-refractivity contribution in [2.75, 3.05) is 6.54 Å². The van der Waals surface area contributed by atoms with Crippen LogP contribution >= 0.6 is 0 Å². The van der Waals surface area contributed by atoms with E-state index >= 15 is 0 Å². The topological polar surface area (TPSA) is 66.9 Å². The molecule has 2 unspecified atom stereocenters. The Labute approximate surface area is 128 Å². The molecule has 2 aromatic rings. The van der Waals surface area contributed by atoms with Gasteiger partial charge in [0.15, 0.2) is 0 Å². The van der Waals surface area contributed by atoms with E-state index in [2.05, 4.69) is 32.7 Å². The third-order valence-corrected chi connectivity index (χ3v) is 4.32. The highest BCUT2D eigenvalue weighted by atomic mass is 16.1. The first-order valence-corrected chi connectivity index (χ1v) is 7.41. The normalized spacial score (nSPS) is 23.7. The number of hydrogen-bond acceptors (Lipinski definition) is 4. The second-order valence-corrected chi connectivity index (χ2v) is 5.60. The van der Waals surface area contributed by atoms with Crippen molar-refractivity contribution in [3.63, 3.8) is 0 Å². The Morgan fingerprint density at radius 1 is 1.14 bits per heavy atom. The molecule has 5 heteroatoms. The van der Waals surface area contributed by atoms with Crippen molar-refractivity contribution in [3.8, 4) is 0 Å². The van der Waals surface area contributed by atoms with E-state index in [9.17, 15) is 4.79 Å². The maximum atomic E-state index is 12.2. The maximum Gasteiger partial charge on any atom is 0.249 e. The van der Waals surface area contributed by atoms with Crippen LogP contribution in [0.1, 0.15) is 29.6 Å². The molecule has 1 aromatic carbocycles. The SMILES string of the molecule is O=C1NCC(c2ccccc2)C2=C1CC(c1ccncn1)N2. The van der Waals surface area contributed by atoms with Crippen LogP contribution < -0.4 is 10.6 Å². The second-order valence-electron chi connectivity index (χ2n) is 5.60. The Balaban J connectivity index is 1.67.